The highest BCUT2D eigenvalue weighted by molar-refractivity contribution is 5.75. The predicted molar refractivity (Wildman–Crippen MR) is 53.2 cm³/mol. The first-order chi connectivity index (χ1) is 6.26. The smallest absolute Gasteiger partial charge is 0.219 e. The number of nitrogens with one attached hydrogen (secondary N) is 1. The summed E-state index contributed by atoms with van der Waals surface area (Å²) in [6.07, 6.45) is 5.22. The molecule has 0 spiro atoms. The standard InChI is InChI=1S/C10H20N2O/c1-2-10(13)12-9-5-3-4-8(6-9)7-11/h8-9H,2-7,11H2,1H3,(H,12,13). The molecule has 0 aromatic rings. The second kappa shape index (κ2) is 5.22. The third-order valence-electron chi connectivity index (χ3n) is 2.80. The quantitative estimate of drug-likeness (QED) is 0.688. The molecular formula is C10H20N2O. The Balaban J connectivity index is 2.29. The molecule has 0 radical (unpaired) electrons. The molecule has 3 N–H and O–H groups in total. The molecule has 0 heterocycles. The van der Waals surface area contributed by atoms with Gasteiger partial charge in [0, 0.05) is 12.5 Å². The zero-order valence-corrected chi connectivity index (χ0v) is 8.38. The van der Waals surface area contributed by atoms with Crippen LogP contribution >= 0.6 is 0 Å². The molecule has 0 aliphatic heterocycles. The third-order valence-corrected chi connectivity index (χ3v) is 2.80. The zero-order chi connectivity index (χ0) is 9.68. The first-order valence-electron chi connectivity index (χ1n) is 5.25. The van der Waals surface area contributed by atoms with Crippen LogP contribution in [0.25, 0.3) is 0 Å². The van der Waals surface area contributed by atoms with Crippen molar-refractivity contribution in [1.82, 2.24) is 5.32 Å². The van der Waals surface area contributed by atoms with Crippen LogP contribution in [-0.2, 0) is 4.79 Å². The summed E-state index contributed by atoms with van der Waals surface area (Å²) in [5.74, 6) is 0.790. The Kier molecular flexibility index (Phi) is 4.22. The van der Waals surface area contributed by atoms with Crippen molar-refractivity contribution < 1.29 is 4.79 Å². The van der Waals surface area contributed by atoms with Crippen LogP contribution in [0.2, 0.25) is 0 Å². The summed E-state index contributed by atoms with van der Waals surface area (Å²) < 4.78 is 0. The van der Waals surface area contributed by atoms with E-state index in [-0.39, 0.29) is 5.91 Å². The van der Waals surface area contributed by atoms with E-state index in [1.54, 1.807) is 0 Å². The van der Waals surface area contributed by atoms with Crippen LogP contribution in [0.5, 0.6) is 0 Å². The number of hydrogen-bond donors (Lipinski definition) is 2. The van der Waals surface area contributed by atoms with Gasteiger partial charge >= 0.3 is 0 Å². The molecule has 3 nitrogen and oxygen atoms in total. The number of carbonyl (C=O) groups excluding carboxylic acids is 1. The van der Waals surface area contributed by atoms with Crippen molar-refractivity contribution in [2.24, 2.45) is 11.7 Å². The van der Waals surface area contributed by atoms with E-state index in [0.29, 0.717) is 18.4 Å². The van der Waals surface area contributed by atoms with Crippen molar-refractivity contribution in [3.05, 3.63) is 0 Å². The lowest BCUT2D eigenvalue weighted by molar-refractivity contribution is -0.121. The van der Waals surface area contributed by atoms with Crippen LogP contribution in [0.4, 0.5) is 0 Å². The average Bonchev–Trinajstić information content (AvgIpc) is 2.18. The third kappa shape index (κ3) is 3.35. The van der Waals surface area contributed by atoms with Crippen LogP contribution in [-0.4, -0.2) is 18.5 Å². The number of carbonyl (C=O) groups is 1. The van der Waals surface area contributed by atoms with Crippen molar-refractivity contribution in [3.8, 4) is 0 Å². The van der Waals surface area contributed by atoms with Crippen LogP contribution < -0.4 is 11.1 Å². The Bertz CT molecular complexity index is 170. The minimum atomic E-state index is 0.169. The molecule has 0 aromatic carbocycles. The molecular weight excluding hydrogens is 164 g/mol. The van der Waals surface area contributed by atoms with Gasteiger partial charge in [-0.1, -0.05) is 13.3 Å². The van der Waals surface area contributed by atoms with Crippen molar-refractivity contribution in [2.75, 3.05) is 6.54 Å². The van der Waals surface area contributed by atoms with Crippen molar-refractivity contribution in [3.63, 3.8) is 0 Å². The molecule has 1 saturated carbocycles. The van der Waals surface area contributed by atoms with Crippen LogP contribution in [0, 0.1) is 5.92 Å². The highest BCUT2D eigenvalue weighted by atomic mass is 16.1. The Morgan fingerprint density at radius 1 is 1.54 bits per heavy atom. The maximum Gasteiger partial charge on any atom is 0.219 e. The Hall–Kier alpha value is -0.570. The van der Waals surface area contributed by atoms with Gasteiger partial charge in [-0.15, -0.1) is 0 Å². The van der Waals surface area contributed by atoms with Gasteiger partial charge in [0.2, 0.25) is 5.91 Å². The summed E-state index contributed by atoms with van der Waals surface area (Å²) in [7, 11) is 0. The van der Waals surface area contributed by atoms with Crippen molar-refractivity contribution >= 4 is 5.91 Å². The number of rotatable bonds is 3. The van der Waals surface area contributed by atoms with Gasteiger partial charge in [0.1, 0.15) is 0 Å². The van der Waals surface area contributed by atoms with E-state index in [0.717, 1.165) is 19.4 Å². The van der Waals surface area contributed by atoms with Crippen LogP contribution in [0.15, 0.2) is 0 Å². The molecule has 76 valence electrons. The molecule has 0 saturated heterocycles. The first kappa shape index (κ1) is 10.5. The Morgan fingerprint density at radius 3 is 2.92 bits per heavy atom. The summed E-state index contributed by atoms with van der Waals surface area (Å²) >= 11 is 0. The zero-order valence-electron chi connectivity index (χ0n) is 8.38. The molecule has 3 heteroatoms. The molecule has 1 fully saturated rings. The van der Waals surface area contributed by atoms with E-state index in [1.807, 2.05) is 6.92 Å². The number of amides is 1. The molecule has 2 atom stereocenters. The summed E-state index contributed by atoms with van der Waals surface area (Å²) in [6.45, 7) is 2.65. The molecule has 1 aliphatic carbocycles. The highest BCUT2D eigenvalue weighted by Gasteiger charge is 2.21. The fourth-order valence-electron chi connectivity index (χ4n) is 1.97. The lowest BCUT2D eigenvalue weighted by atomic mass is 9.86. The first-order valence-corrected chi connectivity index (χ1v) is 5.25. The van der Waals surface area contributed by atoms with Gasteiger partial charge in [0.15, 0.2) is 0 Å². The molecule has 13 heavy (non-hydrogen) atoms. The van der Waals surface area contributed by atoms with Gasteiger partial charge in [-0.2, -0.15) is 0 Å². The minimum Gasteiger partial charge on any atom is -0.353 e. The van der Waals surface area contributed by atoms with Gasteiger partial charge in [0.05, 0.1) is 0 Å². The normalized spacial score (nSPS) is 28.5. The van der Waals surface area contributed by atoms with Crippen LogP contribution in [0.3, 0.4) is 0 Å². The van der Waals surface area contributed by atoms with Gasteiger partial charge in [0.25, 0.3) is 0 Å². The molecule has 2 unspecified atom stereocenters. The monoisotopic (exact) mass is 184 g/mol. The summed E-state index contributed by atoms with van der Waals surface area (Å²) in [6, 6.07) is 0.384. The SMILES string of the molecule is CCC(=O)NC1CCCC(CN)C1. The van der Waals surface area contributed by atoms with Crippen LogP contribution in [0.1, 0.15) is 39.0 Å². The fourth-order valence-corrected chi connectivity index (χ4v) is 1.97. The molecule has 1 amide bonds. The maximum absolute atomic E-state index is 11.1. The summed E-state index contributed by atoms with van der Waals surface area (Å²) in [5.41, 5.74) is 5.62. The highest BCUT2D eigenvalue weighted by Crippen LogP contribution is 2.23. The van der Waals surface area contributed by atoms with Crippen molar-refractivity contribution in [2.45, 2.75) is 45.1 Å². The lowest BCUT2D eigenvalue weighted by Gasteiger charge is -2.28. The Labute approximate surface area is 80.1 Å². The molecule has 0 aromatic heterocycles. The average molecular weight is 184 g/mol. The fraction of sp³-hybridized carbons (Fsp3) is 0.900. The van der Waals surface area contributed by atoms with Gasteiger partial charge in [-0.05, 0) is 31.7 Å². The second-order valence-corrected chi connectivity index (χ2v) is 3.89. The number of hydrogen-bond acceptors (Lipinski definition) is 2. The Morgan fingerprint density at radius 2 is 2.31 bits per heavy atom. The second-order valence-electron chi connectivity index (χ2n) is 3.89. The maximum atomic E-state index is 11.1. The van der Waals surface area contributed by atoms with Gasteiger partial charge in [-0.3, -0.25) is 4.79 Å². The van der Waals surface area contributed by atoms with E-state index in [1.165, 1.54) is 12.8 Å². The van der Waals surface area contributed by atoms with E-state index in [2.05, 4.69) is 5.32 Å². The lowest BCUT2D eigenvalue weighted by Crippen LogP contribution is -2.39. The van der Waals surface area contributed by atoms with E-state index in [4.69, 9.17) is 5.73 Å². The van der Waals surface area contributed by atoms with E-state index in [9.17, 15) is 4.79 Å². The van der Waals surface area contributed by atoms with E-state index < -0.39 is 0 Å². The van der Waals surface area contributed by atoms with E-state index >= 15 is 0 Å². The number of nitrogens with two attached hydrogens (primary N) is 1. The molecule has 0 bridgehead atoms. The molecule has 1 rings (SSSR count). The largest absolute Gasteiger partial charge is 0.353 e. The van der Waals surface area contributed by atoms with Gasteiger partial charge in [-0.25, -0.2) is 0 Å². The molecule has 1 aliphatic rings. The van der Waals surface area contributed by atoms with Crippen molar-refractivity contribution in [1.29, 1.82) is 0 Å². The van der Waals surface area contributed by atoms with Gasteiger partial charge < -0.3 is 11.1 Å². The minimum absolute atomic E-state index is 0.169. The summed E-state index contributed by atoms with van der Waals surface area (Å²) in [5, 5.41) is 3.04. The predicted octanol–water partition coefficient (Wildman–Crippen LogP) is 1.03. The summed E-state index contributed by atoms with van der Waals surface area (Å²) in [4.78, 5) is 11.1. The topological polar surface area (TPSA) is 55.1 Å².